The maximum atomic E-state index is 12.3. The standard InChI is InChI=1S/C15H14F3N3O2/c16-15(17,18)8-12-6-7-13(20-9-12)21(19)14(22)23-10-11-4-2-1-3-5-11/h1-7,9H,8,10,19H2. The minimum atomic E-state index is -4.32. The Kier molecular flexibility index (Phi) is 5.17. The van der Waals surface area contributed by atoms with Gasteiger partial charge >= 0.3 is 12.3 Å². The molecule has 1 aromatic carbocycles. The molecule has 0 aliphatic heterocycles. The molecule has 2 rings (SSSR count). The van der Waals surface area contributed by atoms with Gasteiger partial charge in [-0.3, -0.25) is 0 Å². The van der Waals surface area contributed by atoms with E-state index in [0.717, 1.165) is 11.8 Å². The molecule has 1 aromatic heterocycles. The first-order valence-electron chi connectivity index (χ1n) is 6.62. The van der Waals surface area contributed by atoms with Gasteiger partial charge in [0, 0.05) is 6.20 Å². The highest BCUT2D eigenvalue weighted by atomic mass is 19.4. The zero-order valence-electron chi connectivity index (χ0n) is 12.0. The molecular weight excluding hydrogens is 311 g/mol. The van der Waals surface area contributed by atoms with Crippen LogP contribution in [0.2, 0.25) is 0 Å². The maximum Gasteiger partial charge on any atom is 0.430 e. The Morgan fingerprint density at radius 2 is 1.83 bits per heavy atom. The molecule has 1 amide bonds. The average molecular weight is 325 g/mol. The van der Waals surface area contributed by atoms with E-state index < -0.39 is 18.7 Å². The van der Waals surface area contributed by atoms with Gasteiger partial charge in [-0.1, -0.05) is 36.4 Å². The molecule has 0 bridgehead atoms. The molecule has 122 valence electrons. The summed E-state index contributed by atoms with van der Waals surface area (Å²) in [6.45, 7) is 0.0273. The number of hydrogen-bond acceptors (Lipinski definition) is 4. The fraction of sp³-hybridized carbons (Fsp3) is 0.200. The largest absolute Gasteiger partial charge is 0.443 e. The van der Waals surface area contributed by atoms with E-state index in [4.69, 9.17) is 10.6 Å². The fourth-order valence-corrected chi connectivity index (χ4v) is 1.78. The first-order valence-corrected chi connectivity index (χ1v) is 6.62. The number of hydrazine groups is 1. The van der Waals surface area contributed by atoms with Crippen LogP contribution in [0.3, 0.4) is 0 Å². The Hall–Kier alpha value is -2.61. The first-order chi connectivity index (χ1) is 10.8. The van der Waals surface area contributed by atoms with Gasteiger partial charge in [0.15, 0.2) is 5.82 Å². The third-order valence-electron chi connectivity index (χ3n) is 2.86. The van der Waals surface area contributed by atoms with Crippen LogP contribution in [-0.2, 0) is 17.8 Å². The van der Waals surface area contributed by atoms with Crippen molar-refractivity contribution in [2.75, 3.05) is 5.01 Å². The number of carbonyl (C=O) groups excluding carboxylic acids is 1. The third-order valence-corrected chi connectivity index (χ3v) is 2.86. The molecule has 0 spiro atoms. The molecule has 0 aliphatic carbocycles. The molecule has 1 heterocycles. The van der Waals surface area contributed by atoms with Crippen molar-refractivity contribution >= 4 is 11.9 Å². The predicted octanol–water partition coefficient (Wildman–Crippen LogP) is 3.20. The highest BCUT2D eigenvalue weighted by Gasteiger charge is 2.27. The molecule has 0 unspecified atom stereocenters. The monoisotopic (exact) mass is 325 g/mol. The van der Waals surface area contributed by atoms with Gasteiger partial charge in [0.2, 0.25) is 0 Å². The van der Waals surface area contributed by atoms with Crippen LogP contribution in [-0.4, -0.2) is 17.3 Å². The van der Waals surface area contributed by atoms with Gasteiger partial charge in [0.1, 0.15) is 6.61 Å². The molecule has 0 aliphatic rings. The van der Waals surface area contributed by atoms with E-state index in [1.165, 1.54) is 12.1 Å². The highest BCUT2D eigenvalue weighted by Crippen LogP contribution is 2.21. The second-order valence-electron chi connectivity index (χ2n) is 4.73. The van der Waals surface area contributed by atoms with Crippen molar-refractivity contribution in [3.8, 4) is 0 Å². The number of alkyl halides is 3. The Labute approximate surface area is 130 Å². The summed E-state index contributed by atoms with van der Waals surface area (Å²) in [5, 5.41) is 0.639. The Morgan fingerprint density at radius 3 is 2.39 bits per heavy atom. The van der Waals surface area contributed by atoms with E-state index >= 15 is 0 Å². The summed E-state index contributed by atoms with van der Waals surface area (Å²) in [5.41, 5.74) is 0.759. The molecule has 23 heavy (non-hydrogen) atoms. The van der Waals surface area contributed by atoms with Crippen molar-refractivity contribution in [1.82, 2.24) is 4.98 Å². The number of amides is 1. The summed E-state index contributed by atoms with van der Waals surface area (Å²) in [7, 11) is 0. The summed E-state index contributed by atoms with van der Waals surface area (Å²) < 4.78 is 41.8. The molecule has 0 fully saturated rings. The first kappa shape index (κ1) is 16.8. The number of nitrogens with two attached hydrogens (primary N) is 1. The lowest BCUT2D eigenvalue weighted by Gasteiger charge is -2.16. The molecule has 2 aromatic rings. The van der Waals surface area contributed by atoms with Crippen LogP contribution < -0.4 is 10.9 Å². The van der Waals surface area contributed by atoms with E-state index in [9.17, 15) is 18.0 Å². The van der Waals surface area contributed by atoms with Gasteiger partial charge < -0.3 is 4.74 Å². The molecule has 2 N–H and O–H groups in total. The van der Waals surface area contributed by atoms with Crippen molar-refractivity contribution in [1.29, 1.82) is 0 Å². The molecular formula is C15H14F3N3O2. The highest BCUT2D eigenvalue weighted by molar-refractivity contribution is 5.84. The quantitative estimate of drug-likeness (QED) is 0.532. The fourth-order valence-electron chi connectivity index (χ4n) is 1.78. The van der Waals surface area contributed by atoms with Crippen molar-refractivity contribution < 1.29 is 22.7 Å². The molecule has 0 saturated heterocycles. The summed E-state index contributed by atoms with van der Waals surface area (Å²) >= 11 is 0. The lowest BCUT2D eigenvalue weighted by molar-refractivity contribution is -0.127. The van der Waals surface area contributed by atoms with Crippen molar-refractivity contribution in [2.24, 2.45) is 5.84 Å². The molecule has 0 saturated carbocycles. The van der Waals surface area contributed by atoms with Crippen LogP contribution in [0.15, 0.2) is 48.7 Å². The van der Waals surface area contributed by atoms with Crippen molar-refractivity contribution in [3.63, 3.8) is 0 Å². The molecule has 0 radical (unpaired) electrons. The summed E-state index contributed by atoms with van der Waals surface area (Å²) in [6.07, 6.45) is -5.25. The normalized spacial score (nSPS) is 11.1. The van der Waals surface area contributed by atoms with Crippen LogP contribution >= 0.6 is 0 Å². The molecule has 0 atom stereocenters. The number of pyridine rings is 1. The second-order valence-corrected chi connectivity index (χ2v) is 4.73. The maximum absolute atomic E-state index is 12.3. The number of aromatic nitrogens is 1. The number of halogens is 3. The van der Waals surface area contributed by atoms with Crippen LogP contribution in [0.5, 0.6) is 0 Å². The third kappa shape index (κ3) is 5.26. The SMILES string of the molecule is NN(C(=O)OCc1ccccc1)c1ccc(CC(F)(F)F)cn1. The number of carbonyl (C=O) groups is 1. The summed E-state index contributed by atoms with van der Waals surface area (Å²) in [6, 6.07) is 11.4. The number of benzene rings is 1. The zero-order chi connectivity index (χ0) is 16.9. The topological polar surface area (TPSA) is 68.5 Å². The number of nitrogens with zero attached hydrogens (tertiary/aromatic N) is 2. The van der Waals surface area contributed by atoms with E-state index in [0.29, 0.717) is 5.01 Å². The van der Waals surface area contributed by atoms with Gasteiger partial charge in [-0.05, 0) is 17.2 Å². The van der Waals surface area contributed by atoms with Crippen LogP contribution in [0.1, 0.15) is 11.1 Å². The second kappa shape index (κ2) is 7.10. The minimum Gasteiger partial charge on any atom is -0.443 e. The van der Waals surface area contributed by atoms with Gasteiger partial charge in [0.25, 0.3) is 0 Å². The zero-order valence-corrected chi connectivity index (χ0v) is 12.0. The number of rotatable bonds is 4. The number of ether oxygens (including phenoxy) is 1. The average Bonchev–Trinajstić information content (AvgIpc) is 2.52. The Morgan fingerprint density at radius 1 is 1.13 bits per heavy atom. The van der Waals surface area contributed by atoms with E-state index in [-0.39, 0.29) is 18.0 Å². The Balaban J connectivity index is 1.94. The van der Waals surface area contributed by atoms with Crippen molar-refractivity contribution in [3.05, 3.63) is 59.8 Å². The van der Waals surface area contributed by atoms with Gasteiger partial charge in [-0.2, -0.15) is 18.2 Å². The predicted molar refractivity (Wildman–Crippen MR) is 77.3 cm³/mol. The van der Waals surface area contributed by atoms with E-state index in [1.54, 1.807) is 24.3 Å². The van der Waals surface area contributed by atoms with Gasteiger partial charge in [-0.25, -0.2) is 15.6 Å². The summed E-state index contributed by atoms with van der Waals surface area (Å²) in [5.74, 6) is 5.55. The molecule has 5 nitrogen and oxygen atoms in total. The molecule has 8 heteroatoms. The number of anilines is 1. The van der Waals surface area contributed by atoms with E-state index in [1.807, 2.05) is 6.07 Å². The van der Waals surface area contributed by atoms with Crippen LogP contribution in [0, 0.1) is 0 Å². The van der Waals surface area contributed by atoms with Crippen LogP contribution in [0.25, 0.3) is 0 Å². The summed E-state index contributed by atoms with van der Waals surface area (Å²) in [4.78, 5) is 15.5. The lowest BCUT2D eigenvalue weighted by Crippen LogP contribution is -2.38. The van der Waals surface area contributed by atoms with Gasteiger partial charge in [-0.15, -0.1) is 0 Å². The Bertz CT molecular complexity index is 645. The lowest BCUT2D eigenvalue weighted by atomic mass is 10.2. The number of hydrogen-bond donors (Lipinski definition) is 1. The van der Waals surface area contributed by atoms with Gasteiger partial charge in [0.05, 0.1) is 6.42 Å². The van der Waals surface area contributed by atoms with E-state index in [2.05, 4.69) is 4.98 Å². The van der Waals surface area contributed by atoms with Crippen molar-refractivity contribution in [2.45, 2.75) is 19.2 Å². The smallest absolute Gasteiger partial charge is 0.430 e. The van der Waals surface area contributed by atoms with Crippen LogP contribution in [0.4, 0.5) is 23.8 Å². The minimum absolute atomic E-state index is 0.00557.